The minimum atomic E-state index is -0.545. The molecule has 0 aliphatic carbocycles. The predicted octanol–water partition coefficient (Wildman–Crippen LogP) is 6.10. The van der Waals surface area contributed by atoms with Crippen LogP contribution in [-0.4, -0.2) is 54.3 Å². The second-order valence-electron chi connectivity index (χ2n) is 8.10. The van der Waals surface area contributed by atoms with Crippen LogP contribution in [0.1, 0.15) is 57.8 Å². The van der Waals surface area contributed by atoms with Gasteiger partial charge in [-0.2, -0.15) is 0 Å². The molecule has 2 N–H and O–H groups in total. The first-order chi connectivity index (χ1) is 17.2. The maximum absolute atomic E-state index is 10.9. The van der Waals surface area contributed by atoms with Crippen molar-refractivity contribution in [3.63, 3.8) is 0 Å². The number of piperidine rings is 1. The Morgan fingerprint density at radius 2 is 1.77 bits per heavy atom. The Morgan fingerprint density at radius 3 is 2.46 bits per heavy atom. The molecule has 3 aromatic rings. The van der Waals surface area contributed by atoms with Gasteiger partial charge in [-0.25, -0.2) is 0 Å². The number of nitrogens with zero attached hydrogens (tertiary/aromatic N) is 2. The zero-order valence-electron chi connectivity index (χ0n) is 22.1. The predicted molar refractivity (Wildman–Crippen MR) is 149 cm³/mol. The fourth-order valence-electron chi connectivity index (χ4n) is 4.21. The standard InChI is InChI=1S/C26H31N3O2.2C2H6/c1-31-22-17-24-23(10-5-11-25(24)28-18-22)26(30)19-29-15-12-21(13-16-29)27-14-6-9-20-7-3-2-4-8-20;2*1-2/h2-11,17-18,21,26-27,30H,12-16,19H2,1H3;2*1-2H3/b9-6+;;. The summed E-state index contributed by atoms with van der Waals surface area (Å²) >= 11 is 0. The number of nitrogens with one attached hydrogen (secondary N) is 1. The molecule has 35 heavy (non-hydrogen) atoms. The lowest BCUT2D eigenvalue weighted by atomic mass is 10.0. The van der Waals surface area contributed by atoms with Gasteiger partial charge in [0.2, 0.25) is 0 Å². The minimum absolute atomic E-state index is 0.528. The summed E-state index contributed by atoms with van der Waals surface area (Å²) in [5.41, 5.74) is 3.02. The van der Waals surface area contributed by atoms with Gasteiger partial charge in [-0.3, -0.25) is 4.98 Å². The van der Waals surface area contributed by atoms with Gasteiger partial charge in [0, 0.05) is 24.5 Å². The molecule has 0 radical (unpaired) electrons. The lowest BCUT2D eigenvalue weighted by molar-refractivity contribution is 0.0955. The van der Waals surface area contributed by atoms with E-state index in [-0.39, 0.29) is 0 Å². The van der Waals surface area contributed by atoms with Crippen molar-refractivity contribution in [3.05, 3.63) is 78.0 Å². The Labute approximate surface area is 211 Å². The molecule has 1 aliphatic heterocycles. The summed E-state index contributed by atoms with van der Waals surface area (Å²) in [6.07, 6.45) is 7.70. The number of aromatic nitrogens is 1. The maximum Gasteiger partial charge on any atom is 0.137 e. The molecule has 1 saturated heterocycles. The molecule has 0 bridgehead atoms. The molecular formula is C30H43N3O2. The van der Waals surface area contributed by atoms with Crippen LogP contribution in [0.25, 0.3) is 17.0 Å². The number of hydrogen-bond donors (Lipinski definition) is 2. The van der Waals surface area contributed by atoms with E-state index in [2.05, 4.69) is 51.6 Å². The van der Waals surface area contributed by atoms with E-state index in [1.54, 1.807) is 13.3 Å². The van der Waals surface area contributed by atoms with Crippen molar-refractivity contribution in [3.8, 4) is 5.75 Å². The molecule has 190 valence electrons. The third-order valence-corrected chi connectivity index (χ3v) is 5.98. The van der Waals surface area contributed by atoms with E-state index >= 15 is 0 Å². The van der Waals surface area contributed by atoms with Crippen molar-refractivity contribution in [2.45, 2.75) is 52.7 Å². The average molecular weight is 478 g/mol. The lowest BCUT2D eigenvalue weighted by Gasteiger charge is -2.33. The van der Waals surface area contributed by atoms with Crippen molar-refractivity contribution >= 4 is 17.0 Å². The number of fused-ring (bicyclic) bond motifs is 1. The molecular weight excluding hydrogens is 434 g/mol. The van der Waals surface area contributed by atoms with Crippen LogP contribution in [0.4, 0.5) is 0 Å². The fraction of sp³-hybridized carbons (Fsp3) is 0.433. The summed E-state index contributed by atoms with van der Waals surface area (Å²) in [4.78, 5) is 6.80. The quantitative estimate of drug-likeness (QED) is 0.411. The number of ether oxygens (including phenoxy) is 1. The van der Waals surface area contributed by atoms with Crippen molar-refractivity contribution in [2.24, 2.45) is 0 Å². The minimum Gasteiger partial charge on any atom is -0.495 e. The fourth-order valence-corrected chi connectivity index (χ4v) is 4.21. The molecule has 5 heteroatoms. The van der Waals surface area contributed by atoms with E-state index in [1.807, 2.05) is 58.0 Å². The number of likely N-dealkylation sites (tertiary alicyclic amines) is 1. The van der Waals surface area contributed by atoms with E-state index in [4.69, 9.17) is 4.74 Å². The van der Waals surface area contributed by atoms with Gasteiger partial charge in [0.05, 0.1) is 24.9 Å². The summed E-state index contributed by atoms with van der Waals surface area (Å²) in [5, 5.41) is 15.5. The van der Waals surface area contributed by atoms with E-state index in [9.17, 15) is 5.11 Å². The van der Waals surface area contributed by atoms with Crippen LogP contribution in [0.2, 0.25) is 0 Å². The first-order valence-electron chi connectivity index (χ1n) is 13.0. The summed E-state index contributed by atoms with van der Waals surface area (Å²) in [7, 11) is 1.64. The first kappa shape index (κ1) is 28.5. The van der Waals surface area contributed by atoms with Gasteiger partial charge in [-0.1, -0.05) is 82.3 Å². The highest BCUT2D eigenvalue weighted by Crippen LogP contribution is 2.27. The Morgan fingerprint density at radius 1 is 1.06 bits per heavy atom. The van der Waals surface area contributed by atoms with Gasteiger partial charge in [-0.15, -0.1) is 0 Å². The van der Waals surface area contributed by atoms with Crippen molar-refractivity contribution < 1.29 is 9.84 Å². The molecule has 0 amide bonds. The molecule has 5 nitrogen and oxygen atoms in total. The second-order valence-corrected chi connectivity index (χ2v) is 8.10. The number of aliphatic hydroxyl groups is 1. The third-order valence-electron chi connectivity index (χ3n) is 5.98. The summed E-state index contributed by atoms with van der Waals surface area (Å²) < 4.78 is 5.32. The van der Waals surface area contributed by atoms with Crippen molar-refractivity contribution in [1.29, 1.82) is 0 Å². The maximum atomic E-state index is 10.9. The number of hydrogen-bond acceptors (Lipinski definition) is 5. The summed E-state index contributed by atoms with van der Waals surface area (Å²) in [6.45, 7) is 11.5. The highest BCUT2D eigenvalue weighted by molar-refractivity contribution is 5.83. The van der Waals surface area contributed by atoms with Gasteiger partial charge in [0.1, 0.15) is 5.75 Å². The Kier molecular flexibility index (Phi) is 13.1. The van der Waals surface area contributed by atoms with Gasteiger partial charge >= 0.3 is 0 Å². The average Bonchev–Trinajstić information content (AvgIpc) is 2.94. The third kappa shape index (κ3) is 8.77. The van der Waals surface area contributed by atoms with Crippen LogP contribution in [0.15, 0.2) is 66.9 Å². The second kappa shape index (κ2) is 16.0. The van der Waals surface area contributed by atoms with Crippen LogP contribution in [0, 0.1) is 0 Å². The lowest BCUT2D eigenvalue weighted by Crippen LogP contribution is -2.43. The van der Waals surface area contributed by atoms with Gasteiger partial charge in [-0.05, 0) is 49.2 Å². The molecule has 0 saturated carbocycles. The van der Waals surface area contributed by atoms with E-state index in [1.165, 1.54) is 5.56 Å². The number of benzene rings is 2. The smallest absolute Gasteiger partial charge is 0.137 e. The van der Waals surface area contributed by atoms with Crippen LogP contribution in [-0.2, 0) is 0 Å². The van der Waals surface area contributed by atoms with Crippen LogP contribution in [0.3, 0.4) is 0 Å². The number of β-amino-alcohol motifs (C(OH)–C–C–N with tert-alkyl or cyclic N) is 1. The molecule has 1 aromatic heterocycles. The highest BCUT2D eigenvalue weighted by atomic mass is 16.5. The molecule has 1 aliphatic rings. The summed E-state index contributed by atoms with van der Waals surface area (Å²) in [5.74, 6) is 0.709. The molecule has 1 unspecified atom stereocenters. The van der Waals surface area contributed by atoms with E-state index in [0.29, 0.717) is 18.3 Å². The number of rotatable bonds is 8. The largest absolute Gasteiger partial charge is 0.495 e. The number of aliphatic hydroxyl groups excluding tert-OH is 1. The van der Waals surface area contributed by atoms with Crippen molar-refractivity contribution in [1.82, 2.24) is 15.2 Å². The van der Waals surface area contributed by atoms with Crippen LogP contribution in [0.5, 0.6) is 5.75 Å². The molecule has 1 atom stereocenters. The number of pyridine rings is 1. The van der Waals surface area contributed by atoms with Crippen LogP contribution < -0.4 is 10.1 Å². The van der Waals surface area contributed by atoms with Gasteiger partial charge in [0.15, 0.2) is 0 Å². The van der Waals surface area contributed by atoms with E-state index in [0.717, 1.165) is 48.9 Å². The van der Waals surface area contributed by atoms with Crippen LogP contribution >= 0.6 is 0 Å². The molecule has 0 spiro atoms. The van der Waals surface area contributed by atoms with Gasteiger partial charge < -0.3 is 20.1 Å². The molecule has 1 fully saturated rings. The highest BCUT2D eigenvalue weighted by Gasteiger charge is 2.22. The van der Waals surface area contributed by atoms with Crippen molar-refractivity contribution in [2.75, 3.05) is 33.3 Å². The molecule has 2 aromatic carbocycles. The Balaban J connectivity index is 0.00000103. The Bertz CT molecular complexity index is 999. The zero-order chi connectivity index (χ0) is 25.5. The van der Waals surface area contributed by atoms with Gasteiger partial charge in [0.25, 0.3) is 0 Å². The molecule has 2 heterocycles. The van der Waals surface area contributed by atoms with E-state index < -0.39 is 6.10 Å². The number of methoxy groups -OCH3 is 1. The monoisotopic (exact) mass is 477 g/mol. The Hall–Kier alpha value is -2.73. The normalized spacial score (nSPS) is 15.1. The summed E-state index contributed by atoms with van der Waals surface area (Å²) in [6, 6.07) is 18.8. The first-order valence-corrected chi connectivity index (χ1v) is 13.0. The SMILES string of the molecule is CC.CC.COc1cnc2cccc(C(O)CN3CCC(NC/C=C/c4ccccc4)CC3)c2c1. The zero-order valence-corrected chi connectivity index (χ0v) is 22.1. The topological polar surface area (TPSA) is 57.6 Å². The molecule has 4 rings (SSSR count).